The van der Waals surface area contributed by atoms with Gasteiger partial charge in [-0.2, -0.15) is 0 Å². The highest BCUT2D eigenvalue weighted by atomic mass is 35.5. The van der Waals surface area contributed by atoms with Crippen LogP contribution in [0.2, 0.25) is 5.02 Å². The minimum absolute atomic E-state index is 0.257. The first-order valence-electron chi connectivity index (χ1n) is 4.46. The minimum atomic E-state index is -0.961. The predicted octanol–water partition coefficient (Wildman–Crippen LogP) is 1.86. The number of carbonyl (C=O) groups is 1. The monoisotopic (exact) mass is 243 g/mol. The topological polar surface area (TPSA) is 40.5 Å². The average Bonchev–Trinajstić information content (AvgIpc) is 2.26. The van der Waals surface area contributed by atoms with E-state index in [2.05, 4.69) is 0 Å². The number of carbonyl (C=O) groups excluding carboxylic acids is 1. The van der Waals surface area contributed by atoms with Crippen LogP contribution >= 0.6 is 23.5 Å². The van der Waals surface area contributed by atoms with Gasteiger partial charge in [-0.1, -0.05) is 41.7 Å². The molecule has 1 N–H and O–H groups in total. The second-order valence-corrected chi connectivity index (χ2v) is 4.42. The normalized spacial score (nSPS) is 25.3. The molecule has 1 heterocycles. The summed E-state index contributed by atoms with van der Waals surface area (Å²) in [5.41, 5.74) is 0.792. The lowest BCUT2D eigenvalue weighted by atomic mass is 9.94. The Kier molecular flexibility index (Phi) is 2.91. The molecule has 2 atom stereocenters. The summed E-state index contributed by atoms with van der Waals surface area (Å²) in [5.74, 6) is -0.257. The van der Waals surface area contributed by atoms with Crippen LogP contribution in [0.1, 0.15) is 11.6 Å². The zero-order valence-corrected chi connectivity index (χ0v) is 9.63. The molecule has 80 valence electrons. The van der Waals surface area contributed by atoms with Crippen molar-refractivity contribution in [3.05, 3.63) is 34.9 Å². The van der Waals surface area contributed by atoms with Crippen LogP contribution in [0.4, 0.5) is 0 Å². The molecular formula is C10H10ClNO2S. The van der Waals surface area contributed by atoms with Gasteiger partial charge in [0.15, 0.2) is 6.10 Å². The van der Waals surface area contributed by atoms with E-state index in [1.165, 1.54) is 16.3 Å². The Bertz CT molecular complexity index is 399. The summed E-state index contributed by atoms with van der Waals surface area (Å²) in [5, 5.41) is 10.2. The van der Waals surface area contributed by atoms with E-state index in [1.807, 2.05) is 18.2 Å². The smallest absolute Gasteiger partial charge is 0.264 e. The third-order valence-corrected chi connectivity index (χ3v) is 3.59. The molecule has 5 heteroatoms. The lowest BCUT2D eigenvalue weighted by Crippen LogP contribution is -2.55. The highest BCUT2D eigenvalue weighted by Crippen LogP contribution is 2.41. The van der Waals surface area contributed by atoms with Crippen molar-refractivity contribution in [1.82, 2.24) is 4.31 Å². The summed E-state index contributed by atoms with van der Waals surface area (Å²) in [6.07, 6.45) is 0.838. The Morgan fingerprint density at radius 1 is 1.47 bits per heavy atom. The lowest BCUT2D eigenvalue weighted by Gasteiger charge is -2.43. The number of hydrogen-bond acceptors (Lipinski definition) is 3. The molecule has 1 amide bonds. The summed E-state index contributed by atoms with van der Waals surface area (Å²) in [4.78, 5) is 11.3. The first-order chi connectivity index (χ1) is 7.16. The molecule has 0 saturated carbocycles. The summed E-state index contributed by atoms with van der Waals surface area (Å²) in [6, 6.07) is 6.93. The number of aliphatic hydroxyl groups is 1. The van der Waals surface area contributed by atoms with Crippen LogP contribution in [-0.2, 0) is 4.79 Å². The Morgan fingerprint density at radius 2 is 2.13 bits per heavy atom. The number of benzene rings is 1. The first kappa shape index (κ1) is 10.8. The van der Waals surface area contributed by atoms with Gasteiger partial charge in [0.2, 0.25) is 0 Å². The molecule has 1 fully saturated rings. The van der Waals surface area contributed by atoms with Gasteiger partial charge in [-0.05, 0) is 11.6 Å². The van der Waals surface area contributed by atoms with Crippen LogP contribution in [0.15, 0.2) is 24.3 Å². The maximum absolute atomic E-state index is 11.3. The highest BCUT2D eigenvalue weighted by molar-refractivity contribution is 7.96. The molecule has 0 radical (unpaired) electrons. The van der Waals surface area contributed by atoms with Crippen molar-refractivity contribution in [2.24, 2.45) is 0 Å². The molecule has 1 aliphatic heterocycles. The van der Waals surface area contributed by atoms with Crippen molar-refractivity contribution in [2.75, 3.05) is 6.26 Å². The third kappa shape index (κ3) is 1.62. The van der Waals surface area contributed by atoms with Gasteiger partial charge in [0.1, 0.15) is 6.04 Å². The summed E-state index contributed by atoms with van der Waals surface area (Å²) >= 11 is 7.31. The van der Waals surface area contributed by atoms with Crippen LogP contribution in [0.5, 0.6) is 0 Å². The van der Waals surface area contributed by atoms with Gasteiger partial charge >= 0.3 is 0 Å². The van der Waals surface area contributed by atoms with Crippen molar-refractivity contribution in [1.29, 1.82) is 0 Å². The summed E-state index contributed by atoms with van der Waals surface area (Å²) in [7, 11) is 0. The number of aliphatic hydroxyl groups excluding tert-OH is 1. The second-order valence-electron chi connectivity index (χ2n) is 3.26. The third-order valence-electron chi connectivity index (χ3n) is 2.44. The number of rotatable bonds is 2. The van der Waals surface area contributed by atoms with E-state index in [9.17, 15) is 9.90 Å². The fourth-order valence-electron chi connectivity index (χ4n) is 1.66. The maximum Gasteiger partial charge on any atom is 0.264 e. The standard InChI is InChI=1S/C10H10ClNO2S/c1-15-12-8(9(13)10(12)14)6-4-2-3-5-7(6)11/h2-5,8-9,13H,1H3. The van der Waals surface area contributed by atoms with Gasteiger partial charge in [0.05, 0.1) is 0 Å². The molecule has 1 aromatic rings. The fourth-order valence-corrected chi connectivity index (χ4v) is 2.65. The van der Waals surface area contributed by atoms with Crippen LogP contribution < -0.4 is 0 Å². The number of hydrogen-bond donors (Lipinski definition) is 1. The van der Waals surface area contributed by atoms with Crippen LogP contribution in [0.3, 0.4) is 0 Å². The minimum Gasteiger partial charge on any atom is -0.381 e. The molecule has 15 heavy (non-hydrogen) atoms. The van der Waals surface area contributed by atoms with Gasteiger partial charge in [0.25, 0.3) is 5.91 Å². The number of nitrogens with zero attached hydrogens (tertiary/aromatic N) is 1. The molecule has 0 spiro atoms. The van der Waals surface area contributed by atoms with Crippen molar-refractivity contribution in [2.45, 2.75) is 12.1 Å². The van der Waals surface area contributed by atoms with E-state index in [4.69, 9.17) is 11.6 Å². The maximum atomic E-state index is 11.3. The number of halogens is 1. The SMILES string of the molecule is CSN1C(=O)C(O)C1c1ccccc1Cl. The zero-order valence-electron chi connectivity index (χ0n) is 8.05. The molecule has 1 aromatic carbocycles. The second kappa shape index (κ2) is 4.04. The quantitative estimate of drug-likeness (QED) is 0.637. The molecular weight excluding hydrogens is 234 g/mol. The first-order valence-corrected chi connectivity index (χ1v) is 6.02. The van der Waals surface area contributed by atoms with Crippen molar-refractivity contribution < 1.29 is 9.90 Å². The molecule has 1 saturated heterocycles. The van der Waals surface area contributed by atoms with Crippen molar-refractivity contribution in [3.8, 4) is 0 Å². The Labute approximate surface area is 97.2 Å². The van der Waals surface area contributed by atoms with Gasteiger partial charge < -0.3 is 5.11 Å². The van der Waals surface area contributed by atoms with Crippen molar-refractivity contribution >= 4 is 29.5 Å². The molecule has 2 rings (SSSR count). The highest BCUT2D eigenvalue weighted by Gasteiger charge is 2.47. The van der Waals surface area contributed by atoms with Crippen LogP contribution in [0, 0.1) is 0 Å². The van der Waals surface area contributed by atoms with Gasteiger partial charge in [-0.3, -0.25) is 9.10 Å². The number of β-lactam (4-membered cyclic amide) rings is 1. The van der Waals surface area contributed by atoms with E-state index in [0.29, 0.717) is 5.02 Å². The van der Waals surface area contributed by atoms with E-state index >= 15 is 0 Å². The van der Waals surface area contributed by atoms with E-state index in [1.54, 1.807) is 12.3 Å². The zero-order chi connectivity index (χ0) is 11.0. The Balaban J connectivity index is 2.32. The summed E-state index contributed by atoms with van der Waals surface area (Å²) < 4.78 is 1.53. The number of amides is 1. The van der Waals surface area contributed by atoms with E-state index < -0.39 is 6.10 Å². The van der Waals surface area contributed by atoms with E-state index in [0.717, 1.165) is 5.56 Å². The molecule has 0 aromatic heterocycles. The Hall–Kier alpha value is -0.710. The molecule has 1 aliphatic rings. The van der Waals surface area contributed by atoms with Gasteiger partial charge in [-0.25, -0.2) is 0 Å². The summed E-state index contributed by atoms with van der Waals surface area (Å²) in [6.45, 7) is 0. The molecule has 2 unspecified atom stereocenters. The van der Waals surface area contributed by atoms with Gasteiger partial charge in [-0.15, -0.1) is 0 Å². The van der Waals surface area contributed by atoms with E-state index in [-0.39, 0.29) is 11.9 Å². The van der Waals surface area contributed by atoms with Crippen LogP contribution in [0.25, 0.3) is 0 Å². The Morgan fingerprint density at radius 3 is 2.73 bits per heavy atom. The fraction of sp³-hybridized carbons (Fsp3) is 0.300. The predicted molar refractivity (Wildman–Crippen MR) is 60.6 cm³/mol. The van der Waals surface area contributed by atoms with Crippen LogP contribution in [-0.4, -0.2) is 27.7 Å². The molecule has 0 bridgehead atoms. The largest absolute Gasteiger partial charge is 0.381 e. The van der Waals surface area contributed by atoms with Gasteiger partial charge in [0, 0.05) is 11.3 Å². The lowest BCUT2D eigenvalue weighted by molar-refractivity contribution is -0.154. The molecule has 0 aliphatic carbocycles. The van der Waals surface area contributed by atoms with Crippen molar-refractivity contribution in [3.63, 3.8) is 0 Å². The molecule has 3 nitrogen and oxygen atoms in total. The average molecular weight is 244 g/mol.